The lowest BCUT2D eigenvalue weighted by atomic mass is 9.89. The van der Waals surface area contributed by atoms with E-state index in [-0.39, 0.29) is 40.7 Å². The molecule has 3 heterocycles. The molecule has 1 unspecified atom stereocenters. The van der Waals surface area contributed by atoms with Crippen molar-refractivity contribution >= 4 is 51.4 Å². The van der Waals surface area contributed by atoms with Gasteiger partial charge in [0.15, 0.2) is 12.4 Å². The first-order valence-electron chi connectivity index (χ1n) is 13.1. The number of nitrogens with two attached hydrogens (primary N) is 1. The average Bonchev–Trinajstić information content (AvgIpc) is 2.94. The van der Waals surface area contributed by atoms with Gasteiger partial charge in [0.1, 0.15) is 17.8 Å². The van der Waals surface area contributed by atoms with E-state index in [1.807, 2.05) is 24.8 Å². The highest BCUT2D eigenvalue weighted by Crippen LogP contribution is 2.38. The minimum atomic E-state index is -0.914. The summed E-state index contributed by atoms with van der Waals surface area (Å²) in [7, 11) is 1.49. The van der Waals surface area contributed by atoms with Gasteiger partial charge in [-0.2, -0.15) is 0 Å². The van der Waals surface area contributed by atoms with Crippen molar-refractivity contribution in [2.24, 2.45) is 17.6 Å². The van der Waals surface area contributed by atoms with E-state index in [2.05, 4.69) is 15.5 Å². The molecule has 1 aliphatic rings. The van der Waals surface area contributed by atoms with Crippen molar-refractivity contribution in [1.82, 2.24) is 14.9 Å². The second kappa shape index (κ2) is 12.5. The van der Waals surface area contributed by atoms with Crippen LogP contribution in [-0.4, -0.2) is 54.9 Å². The summed E-state index contributed by atoms with van der Waals surface area (Å²) in [5, 5.41) is 6.64. The molecule has 4 rings (SSSR count). The summed E-state index contributed by atoms with van der Waals surface area (Å²) in [6.45, 7) is 12.7. The van der Waals surface area contributed by atoms with Gasteiger partial charge >= 0.3 is 0 Å². The first-order valence-corrected chi connectivity index (χ1v) is 13.5. The molecule has 1 fully saturated rings. The smallest absolute Gasteiger partial charge is 0.293 e. The summed E-state index contributed by atoms with van der Waals surface area (Å²) in [4.78, 5) is 35.0. The molecule has 0 saturated carbocycles. The van der Waals surface area contributed by atoms with E-state index in [0.717, 1.165) is 0 Å². The van der Waals surface area contributed by atoms with Crippen LogP contribution in [0, 0.1) is 18.4 Å². The van der Waals surface area contributed by atoms with Crippen LogP contribution in [0.5, 0.6) is 5.75 Å². The molecule has 1 aromatic carbocycles. The number of anilines is 3. The SMILES string of the molecule is [C-]#[N+]c1cc(Cl)c(Nc2ccc3c(c2)cc(OCC(=O)NC)c(=O)n3CCCN)nc1N1C[C@@H](C)C(F)[C@@H](C)C1. The molecule has 0 bridgehead atoms. The number of piperidine rings is 1. The second-order valence-corrected chi connectivity index (χ2v) is 10.5. The molecule has 4 N–H and O–H groups in total. The zero-order valence-corrected chi connectivity index (χ0v) is 23.5. The monoisotopic (exact) mass is 569 g/mol. The number of alkyl halides is 1. The fourth-order valence-corrected chi connectivity index (χ4v) is 5.14. The molecule has 3 atom stereocenters. The third kappa shape index (κ3) is 6.13. The molecule has 3 aromatic rings. The maximum Gasteiger partial charge on any atom is 0.293 e. The number of fused-ring (bicyclic) bond motifs is 1. The lowest BCUT2D eigenvalue weighted by molar-refractivity contribution is -0.122. The number of likely N-dealkylation sites (N-methyl/N-ethyl adjacent to an activating group) is 1. The Hall–Kier alpha value is -3.88. The number of carbonyl (C=O) groups is 1. The molecule has 10 nitrogen and oxygen atoms in total. The van der Waals surface area contributed by atoms with Crippen molar-refractivity contribution in [2.75, 3.05) is 43.5 Å². The third-order valence-electron chi connectivity index (χ3n) is 7.01. The Morgan fingerprint density at radius 1 is 1.27 bits per heavy atom. The predicted molar refractivity (Wildman–Crippen MR) is 156 cm³/mol. The zero-order chi connectivity index (χ0) is 29.0. The fourth-order valence-electron chi connectivity index (χ4n) is 4.94. The fraction of sp³-hybridized carbons (Fsp3) is 0.429. The number of halogens is 2. The van der Waals surface area contributed by atoms with Crippen molar-refractivity contribution in [2.45, 2.75) is 33.0 Å². The first kappa shape index (κ1) is 29.1. The Morgan fingerprint density at radius 3 is 2.65 bits per heavy atom. The van der Waals surface area contributed by atoms with Gasteiger partial charge in [0.25, 0.3) is 11.5 Å². The Bertz CT molecular complexity index is 1490. The topological polar surface area (TPSA) is 119 Å². The van der Waals surface area contributed by atoms with Gasteiger partial charge in [-0.15, -0.1) is 0 Å². The molecule has 12 heteroatoms. The van der Waals surface area contributed by atoms with Crippen molar-refractivity contribution in [3.8, 4) is 5.75 Å². The molecule has 0 radical (unpaired) electrons. The minimum Gasteiger partial charge on any atom is -0.478 e. The average molecular weight is 570 g/mol. The van der Waals surface area contributed by atoms with Crippen LogP contribution in [0.15, 0.2) is 35.1 Å². The lowest BCUT2D eigenvalue weighted by Crippen LogP contribution is -2.46. The molecule has 2 aromatic heterocycles. The number of nitrogens with one attached hydrogen (secondary N) is 2. The summed E-state index contributed by atoms with van der Waals surface area (Å²) in [6.07, 6.45) is -0.330. The Morgan fingerprint density at radius 2 is 2.00 bits per heavy atom. The number of aromatic nitrogens is 2. The number of ether oxygens (including phenoxy) is 1. The molecular weight excluding hydrogens is 537 g/mol. The first-order chi connectivity index (χ1) is 19.2. The van der Waals surface area contributed by atoms with Crippen LogP contribution in [0.2, 0.25) is 5.02 Å². The van der Waals surface area contributed by atoms with E-state index in [1.54, 1.807) is 28.8 Å². The van der Waals surface area contributed by atoms with Crippen LogP contribution in [0.3, 0.4) is 0 Å². The van der Waals surface area contributed by atoms with Gasteiger partial charge in [-0.3, -0.25) is 9.59 Å². The molecule has 1 saturated heterocycles. The van der Waals surface area contributed by atoms with E-state index in [4.69, 9.17) is 33.6 Å². The van der Waals surface area contributed by atoms with Crippen LogP contribution >= 0.6 is 11.6 Å². The normalized spacial score (nSPS) is 18.8. The van der Waals surface area contributed by atoms with E-state index >= 15 is 0 Å². The van der Waals surface area contributed by atoms with Gasteiger partial charge in [0.2, 0.25) is 5.69 Å². The lowest BCUT2D eigenvalue weighted by Gasteiger charge is -2.39. The number of aryl methyl sites for hydroxylation is 1. The Labute approximate surface area is 237 Å². The van der Waals surface area contributed by atoms with E-state index in [1.165, 1.54) is 7.05 Å². The van der Waals surface area contributed by atoms with Gasteiger partial charge in [-0.1, -0.05) is 25.4 Å². The van der Waals surface area contributed by atoms with Gasteiger partial charge in [0.05, 0.1) is 17.1 Å². The molecule has 1 aliphatic heterocycles. The van der Waals surface area contributed by atoms with Gasteiger partial charge in [-0.25, -0.2) is 14.2 Å². The zero-order valence-electron chi connectivity index (χ0n) is 22.7. The number of benzene rings is 1. The number of nitrogens with zero attached hydrogens (tertiary/aromatic N) is 4. The third-order valence-corrected chi connectivity index (χ3v) is 7.30. The maximum absolute atomic E-state index is 14.5. The van der Waals surface area contributed by atoms with E-state index in [9.17, 15) is 14.0 Å². The quantitative estimate of drug-likeness (QED) is 0.330. The number of carbonyl (C=O) groups excluding carboxylic acids is 1. The number of pyridine rings is 2. The van der Waals surface area contributed by atoms with Crippen LogP contribution in [0.1, 0.15) is 20.3 Å². The number of hydrogen-bond acceptors (Lipinski definition) is 7. The van der Waals surface area contributed by atoms with Crippen molar-refractivity contribution in [3.05, 3.63) is 57.1 Å². The van der Waals surface area contributed by atoms with E-state index < -0.39 is 6.17 Å². The number of hydrogen-bond donors (Lipinski definition) is 3. The van der Waals surface area contributed by atoms with E-state index in [0.29, 0.717) is 66.5 Å². The summed E-state index contributed by atoms with van der Waals surface area (Å²) >= 11 is 6.52. The maximum atomic E-state index is 14.5. The Kier molecular flexibility index (Phi) is 9.12. The summed E-state index contributed by atoms with van der Waals surface area (Å²) < 4.78 is 21.6. The van der Waals surface area contributed by atoms with Crippen LogP contribution in [-0.2, 0) is 11.3 Å². The van der Waals surface area contributed by atoms with Gasteiger partial charge in [-0.05, 0) is 43.3 Å². The van der Waals surface area contributed by atoms with Crippen molar-refractivity contribution in [3.63, 3.8) is 0 Å². The molecular formula is C28H33ClFN7O3. The molecule has 0 aliphatic carbocycles. The van der Waals surface area contributed by atoms with Crippen LogP contribution in [0.25, 0.3) is 15.7 Å². The van der Waals surface area contributed by atoms with Crippen LogP contribution < -0.4 is 31.6 Å². The number of amides is 1. The van der Waals surface area contributed by atoms with Crippen molar-refractivity contribution < 1.29 is 13.9 Å². The summed E-state index contributed by atoms with van der Waals surface area (Å²) in [5.74, 6) is 0.0844. The molecule has 40 heavy (non-hydrogen) atoms. The predicted octanol–water partition coefficient (Wildman–Crippen LogP) is 4.25. The van der Waals surface area contributed by atoms with Crippen molar-refractivity contribution in [1.29, 1.82) is 0 Å². The summed E-state index contributed by atoms with van der Waals surface area (Å²) in [5.41, 5.74) is 6.95. The Balaban J connectivity index is 1.71. The minimum absolute atomic E-state index is 0.0460. The highest BCUT2D eigenvalue weighted by atomic mass is 35.5. The van der Waals surface area contributed by atoms with Gasteiger partial charge < -0.3 is 30.6 Å². The second-order valence-electron chi connectivity index (χ2n) is 10.0. The largest absolute Gasteiger partial charge is 0.478 e. The highest BCUT2D eigenvalue weighted by Gasteiger charge is 2.33. The van der Waals surface area contributed by atoms with Gasteiger partial charge in [0, 0.05) is 49.6 Å². The van der Waals surface area contributed by atoms with Crippen LogP contribution in [0.4, 0.5) is 27.4 Å². The molecule has 0 spiro atoms. The molecule has 1 amide bonds. The summed E-state index contributed by atoms with van der Waals surface area (Å²) in [6, 6.07) is 8.57. The molecule has 212 valence electrons. The number of rotatable bonds is 9. The standard InChI is InChI=1S/C28H33ClFN7O3/c1-16-13-36(14-17(2)25(16)30)27-21(32-3)12-20(29)26(35-27)34-19-6-7-22-18(10-19)11-23(40-15-24(38)33-4)28(39)37(22)9-5-8-31/h6-7,10-12,16-17,25H,5,8-9,13-15,31H2,1-2,4H3,(H,33,38)(H,34,35)/t16-,17+,25?. The highest BCUT2D eigenvalue weighted by molar-refractivity contribution is 6.33.